The van der Waals surface area contributed by atoms with Gasteiger partial charge < -0.3 is 20.1 Å². The van der Waals surface area contributed by atoms with Gasteiger partial charge in [0.1, 0.15) is 11.9 Å². The number of amides is 1. The Morgan fingerprint density at radius 2 is 2.04 bits per heavy atom. The molecule has 1 heterocycles. The van der Waals surface area contributed by atoms with Gasteiger partial charge in [0.05, 0.1) is 6.10 Å². The highest BCUT2D eigenvalue weighted by Crippen LogP contribution is 2.29. The highest BCUT2D eigenvalue weighted by atomic mass is 16.5. The average Bonchev–Trinajstić information content (AvgIpc) is 2.94. The number of carbonyl (C=O) groups excluding carboxylic acids is 1. The first kappa shape index (κ1) is 16.3. The van der Waals surface area contributed by atoms with Crippen molar-refractivity contribution in [3.8, 4) is 5.75 Å². The molecule has 1 amide bonds. The largest absolute Gasteiger partial charge is 0.488 e. The molecule has 6 nitrogen and oxygen atoms in total. The highest BCUT2D eigenvalue weighted by Gasteiger charge is 2.36. The monoisotopic (exact) mass is 328 g/mol. The minimum absolute atomic E-state index is 0.0651. The zero-order chi connectivity index (χ0) is 16.9. The number of hydrogen-bond donors (Lipinski definition) is 3. The van der Waals surface area contributed by atoms with Crippen LogP contribution in [0.2, 0.25) is 0 Å². The lowest BCUT2D eigenvalue weighted by Gasteiger charge is -2.21. The number of H-pyrrole nitrogens is 1. The number of carbonyl (C=O) groups is 1. The van der Waals surface area contributed by atoms with Crippen LogP contribution in [0.5, 0.6) is 5.75 Å². The molecule has 0 radical (unpaired) electrons. The van der Waals surface area contributed by atoms with Crippen molar-refractivity contribution in [1.29, 1.82) is 0 Å². The van der Waals surface area contributed by atoms with Crippen molar-refractivity contribution in [1.82, 2.24) is 10.3 Å². The van der Waals surface area contributed by atoms with Crippen molar-refractivity contribution in [3.05, 3.63) is 64.6 Å². The van der Waals surface area contributed by atoms with Crippen LogP contribution in [0.25, 0.3) is 0 Å². The molecule has 3 N–H and O–H groups in total. The van der Waals surface area contributed by atoms with Gasteiger partial charge in [-0.25, -0.2) is 0 Å². The van der Waals surface area contributed by atoms with Crippen LogP contribution in [0.4, 0.5) is 0 Å². The van der Waals surface area contributed by atoms with Crippen molar-refractivity contribution >= 4 is 5.91 Å². The number of pyridine rings is 1. The van der Waals surface area contributed by atoms with Gasteiger partial charge in [0.25, 0.3) is 5.91 Å². The van der Waals surface area contributed by atoms with E-state index in [0.717, 1.165) is 18.6 Å². The average molecular weight is 328 g/mol. The van der Waals surface area contributed by atoms with Crippen LogP contribution >= 0.6 is 0 Å². The van der Waals surface area contributed by atoms with E-state index >= 15 is 0 Å². The van der Waals surface area contributed by atoms with Gasteiger partial charge in [-0.15, -0.1) is 0 Å². The molecule has 3 atom stereocenters. The first-order chi connectivity index (χ1) is 11.6. The summed E-state index contributed by atoms with van der Waals surface area (Å²) in [5.41, 5.74) is -0.0109. The number of nitrogens with one attached hydrogen (secondary N) is 2. The van der Waals surface area contributed by atoms with Gasteiger partial charge in [-0.3, -0.25) is 9.59 Å². The molecule has 0 saturated heterocycles. The van der Waals surface area contributed by atoms with E-state index in [1.165, 1.54) is 12.3 Å². The Balaban J connectivity index is 1.53. The molecule has 126 valence electrons. The lowest BCUT2D eigenvalue weighted by molar-refractivity contribution is 0.0348. The molecule has 0 spiro atoms. The Bertz CT molecular complexity index is 744. The fourth-order valence-corrected chi connectivity index (χ4v) is 2.96. The number of ether oxygens (including phenoxy) is 1. The van der Waals surface area contributed by atoms with Gasteiger partial charge in [-0.1, -0.05) is 18.2 Å². The molecule has 0 unspecified atom stereocenters. The van der Waals surface area contributed by atoms with Crippen LogP contribution < -0.4 is 15.6 Å². The standard InChI is InChI=1S/C18H20N2O4/c21-16-10-12(8-9-19-16)18(23)20-11-13-6-7-15(17(13)22)24-14-4-2-1-3-5-14/h1-5,8-10,13,15,17,22H,6-7,11H2,(H,19,21)(H,20,23)/t13-,15-,17-/m1/s1. The fourth-order valence-electron chi connectivity index (χ4n) is 2.96. The number of aromatic nitrogens is 1. The first-order valence-corrected chi connectivity index (χ1v) is 8.00. The summed E-state index contributed by atoms with van der Waals surface area (Å²) < 4.78 is 5.82. The summed E-state index contributed by atoms with van der Waals surface area (Å²) in [5.74, 6) is 0.347. The summed E-state index contributed by atoms with van der Waals surface area (Å²) in [7, 11) is 0. The molecule has 1 aromatic carbocycles. The summed E-state index contributed by atoms with van der Waals surface area (Å²) in [6.45, 7) is 0.349. The van der Waals surface area contributed by atoms with E-state index in [4.69, 9.17) is 4.74 Å². The summed E-state index contributed by atoms with van der Waals surface area (Å²) >= 11 is 0. The minimum atomic E-state index is -0.635. The molecule has 1 aromatic heterocycles. The van der Waals surface area contributed by atoms with Crippen LogP contribution in [0.3, 0.4) is 0 Å². The third kappa shape index (κ3) is 3.83. The van der Waals surface area contributed by atoms with E-state index in [-0.39, 0.29) is 23.5 Å². The minimum Gasteiger partial charge on any atom is -0.488 e. The number of aromatic amines is 1. The maximum atomic E-state index is 12.1. The Morgan fingerprint density at radius 3 is 2.79 bits per heavy atom. The maximum Gasteiger partial charge on any atom is 0.251 e. The van der Waals surface area contributed by atoms with Crippen molar-refractivity contribution in [2.24, 2.45) is 5.92 Å². The highest BCUT2D eigenvalue weighted by molar-refractivity contribution is 5.93. The molecular weight excluding hydrogens is 308 g/mol. The number of aliphatic hydroxyl groups is 1. The second-order valence-corrected chi connectivity index (χ2v) is 5.95. The lowest BCUT2D eigenvalue weighted by atomic mass is 10.1. The zero-order valence-corrected chi connectivity index (χ0v) is 13.1. The molecule has 3 rings (SSSR count). The Kier molecular flexibility index (Phi) is 4.96. The summed E-state index contributed by atoms with van der Waals surface area (Å²) in [4.78, 5) is 25.8. The van der Waals surface area contributed by atoms with E-state index in [1.807, 2.05) is 30.3 Å². The summed E-state index contributed by atoms with van der Waals surface area (Å²) in [6, 6.07) is 12.2. The van der Waals surface area contributed by atoms with Crippen molar-refractivity contribution in [2.45, 2.75) is 25.0 Å². The van der Waals surface area contributed by atoms with Crippen LogP contribution in [0.1, 0.15) is 23.2 Å². The van der Waals surface area contributed by atoms with E-state index in [2.05, 4.69) is 10.3 Å². The van der Waals surface area contributed by atoms with Crippen LogP contribution in [-0.2, 0) is 0 Å². The van der Waals surface area contributed by atoms with Gasteiger partial charge in [-0.05, 0) is 31.0 Å². The van der Waals surface area contributed by atoms with Crippen LogP contribution in [0, 0.1) is 5.92 Å². The Morgan fingerprint density at radius 1 is 1.25 bits per heavy atom. The fraction of sp³-hybridized carbons (Fsp3) is 0.333. The molecular formula is C18H20N2O4. The van der Waals surface area contributed by atoms with E-state index < -0.39 is 6.10 Å². The molecule has 1 saturated carbocycles. The predicted octanol–water partition coefficient (Wildman–Crippen LogP) is 1.32. The van der Waals surface area contributed by atoms with Crippen molar-refractivity contribution < 1.29 is 14.6 Å². The molecule has 0 aliphatic heterocycles. The maximum absolute atomic E-state index is 12.1. The number of rotatable bonds is 5. The normalized spacial score (nSPS) is 23.0. The number of para-hydroxylation sites is 1. The molecule has 2 aromatic rings. The van der Waals surface area contributed by atoms with Crippen LogP contribution in [-0.4, -0.2) is 34.8 Å². The zero-order valence-electron chi connectivity index (χ0n) is 13.1. The Labute approximate surface area is 139 Å². The number of hydrogen-bond acceptors (Lipinski definition) is 4. The predicted molar refractivity (Wildman–Crippen MR) is 89.0 cm³/mol. The van der Waals surface area contributed by atoms with E-state index in [1.54, 1.807) is 6.07 Å². The third-order valence-electron chi connectivity index (χ3n) is 4.28. The Hall–Kier alpha value is -2.60. The molecule has 0 bridgehead atoms. The van der Waals surface area contributed by atoms with E-state index in [9.17, 15) is 14.7 Å². The molecule has 1 aliphatic carbocycles. The second kappa shape index (κ2) is 7.31. The smallest absolute Gasteiger partial charge is 0.251 e. The molecule has 24 heavy (non-hydrogen) atoms. The van der Waals surface area contributed by atoms with Gasteiger partial charge in [-0.2, -0.15) is 0 Å². The topological polar surface area (TPSA) is 91.4 Å². The van der Waals surface area contributed by atoms with Gasteiger partial charge in [0.15, 0.2) is 0 Å². The molecule has 6 heteroatoms. The third-order valence-corrected chi connectivity index (χ3v) is 4.28. The summed E-state index contributed by atoms with van der Waals surface area (Å²) in [6.07, 6.45) is 2.04. The molecule has 1 fully saturated rings. The lowest BCUT2D eigenvalue weighted by Crippen LogP contribution is -2.37. The van der Waals surface area contributed by atoms with E-state index in [0.29, 0.717) is 12.1 Å². The first-order valence-electron chi connectivity index (χ1n) is 8.00. The second-order valence-electron chi connectivity index (χ2n) is 5.95. The van der Waals surface area contributed by atoms with Gasteiger partial charge >= 0.3 is 0 Å². The quantitative estimate of drug-likeness (QED) is 0.772. The van der Waals surface area contributed by atoms with Gasteiger partial charge in [0.2, 0.25) is 5.56 Å². The van der Waals surface area contributed by atoms with Crippen molar-refractivity contribution in [3.63, 3.8) is 0 Å². The molecule has 1 aliphatic rings. The summed E-state index contributed by atoms with van der Waals surface area (Å²) in [5, 5.41) is 13.2. The SMILES string of the molecule is O=C(NC[C@H]1CC[C@@H](Oc2ccccc2)[C@@H]1O)c1cc[nH]c(=O)c1. The van der Waals surface area contributed by atoms with Crippen LogP contribution in [0.15, 0.2) is 53.5 Å². The number of benzene rings is 1. The van der Waals surface area contributed by atoms with Gasteiger partial charge in [0, 0.05) is 30.3 Å². The van der Waals surface area contributed by atoms with Crippen molar-refractivity contribution in [2.75, 3.05) is 6.54 Å². The number of aliphatic hydroxyl groups excluding tert-OH is 1.